The number of amides is 1. The Labute approximate surface area is 142 Å². The Morgan fingerprint density at radius 1 is 1.29 bits per heavy atom. The summed E-state index contributed by atoms with van der Waals surface area (Å²) in [5.74, 6) is 0.0194. The second-order valence-corrected chi connectivity index (χ2v) is 7.32. The van der Waals surface area contributed by atoms with Crippen LogP contribution in [-0.4, -0.2) is 41.3 Å². The molecular formula is C16H22N4O3S. The summed E-state index contributed by atoms with van der Waals surface area (Å²) in [6.07, 6.45) is 1.45. The highest BCUT2D eigenvalue weighted by Crippen LogP contribution is 2.19. The van der Waals surface area contributed by atoms with E-state index in [1.807, 2.05) is 13.0 Å². The number of pyridine rings is 1. The molecule has 2 aromatic rings. The monoisotopic (exact) mass is 350 g/mol. The van der Waals surface area contributed by atoms with Gasteiger partial charge in [-0.2, -0.15) is 4.31 Å². The maximum atomic E-state index is 12.6. The van der Waals surface area contributed by atoms with E-state index in [9.17, 15) is 13.2 Å². The Morgan fingerprint density at radius 3 is 2.54 bits per heavy atom. The van der Waals surface area contributed by atoms with Crippen LogP contribution in [-0.2, 0) is 17.1 Å². The number of carbonyl (C=O) groups is 1. The fourth-order valence-electron chi connectivity index (χ4n) is 2.41. The van der Waals surface area contributed by atoms with Crippen LogP contribution in [0.2, 0.25) is 0 Å². The van der Waals surface area contributed by atoms with Crippen molar-refractivity contribution in [2.24, 2.45) is 7.05 Å². The van der Waals surface area contributed by atoms with Crippen LogP contribution in [0.15, 0.2) is 35.4 Å². The van der Waals surface area contributed by atoms with E-state index in [1.54, 1.807) is 33.0 Å². The van der Waals surface area contributed by atoms with Crippen molar-refractivity contribution in [3.05, 3.63) is 41.9 Å². The van der Waals surface area contributed by atoms with Crippen LogP contribution in [0.5, 0.6) is 0 Å². The quantitative estimate of drug-likeness (QED) is 0.864. The fourth-order valence-corrected chi connectivity index (χ4v) is 3.94. The van der Waals surface area contributed by atoms with Gasteiger partial charge in [-0.3, -0.25) is 4.79 Å². The first-order chi connectivity index (χ1) is 11.3. The van der Waals surface area contributed by atoms with Gasteiger partial charge in [0.05, 0.1) is 0 Å². The summed E-state index contributed by atoms with van der Waals surface area (Å²) in [7, 11) is -1.96. The average molecular weight is 350 g/mol. The van der Waals surface area contributed by atoms with Gasteiger partial charge >= 0.3 is 0 Å². The smallest absolute Gasteiger partial charge is 0.273 e. The number of nitrogens with one attached hydrogen (secondary N) is 1. The molecular weight excluding hydrogens is 328 g/mol. The summed E-state index contributed by atoms with van der Waals surface area (Å²) in [4.78, 5) is 16.7. The number of hydrogen-bond acceptors (Lipinski definition) is 4. The van der Waals surface area contributed by atoms with E-state index in [2.05, 4.69) is 10.3 Å². The van der Waals surface area contributed by atoms with Crippen LogP contribution in [0.3, 0.4) is 0 Å². The average Bonchev–Trinajstić information content (AvgIpc) is 2.91. The van der Waals surface area contributed by atoms with Crippen LogP contribution >= 0.6 is 0 Å². The molecule has 8 heteroatoms. The number of aromatic nitrogens is 2. The predicted molar refractivity (Wildman–Crippen MR) is 92.4 cm³/mol. The van der Waals surface area contributed by atoms with Gasteiger partial charge in [0.25, 0.3) is 5.91 Å². The molecule has 0 spiro atoms. The van der Waals surface area contributed by atoms with Crippen molar-refractivity contribution in [2.75, 3.05) is 18.4 Å². The van der Waals surface area contributed by atoms with Crippen molar-refractivity contribution in [3.8, 4) is 0 Å². The summed E-state index contributed by atoms with van der Waals surface area (Å²) in [6, 6.07) is 6.69. The number of sulfonamides is 1. The molecule has 0 aliphatic heterocycles. The molecule has 2 heterocycles. The first kappa shape index (κ1) is 18.2. The molecule has 0 aliphatic carbocycles. The van der Waals surface area contributed by atoms with Crippen LogP contribution < -0.4 is 5.32 Å². The third kappa shape index (κ3) is 3.65. The molecule has 0 saturated carbocycles. The first-order valence-electron chi connectivity index (χ1n) is 7.71. The zero-order chi connectivity index (χ0) is 17.9. The first-order valence-corrected chi connectivity index (χ1v) is 9.15. The third-order valence-electron chi connectivity index (χ3n) is 3.69. The number of anilines is 1. The fraction of sp³-hybridized carbons (Fsp3) is 0.375. The Hall–Kier alpha value is -2.19. The lowest BCUT2D eigenvalue weighted by Gasteiger charge is -2.17. The maximum absolute atomic E-state index is 12.6. The summed E-state index contributed by atoms with van der Waals surface area (Å²) in [5.41, 5.74) is 1.04. The molecule has 0 saturated heterocycles. The number of hydrogen-bond donors (Lipinski definition) is 1. The molecule has 7 nitrogen and oxygen atoms in total. The maximum Gasteiger partial charge on any atom is 0.273 e. The summed E-state index contributed by atoms with van der Waals surface area (Å²) in [6.45, 7) is 6.14. The van der Waals surface area contributed by atoms with Gasteiger partial charge in [-0.1, -0.05) is 19.9 Å². The normalized spacial score (nSPS) is 11.7. The van der Waals surface area contributed by atoms with Gasteiger partial charge in [0.15, 0.2) is 0 Å². The van der Waals surface area contributed by atoms with Gasteiger partial charge in [-0.25, -0.2) is 13.4 Å². The molecule has 1 amide bonds. The second-order valence-electron chi connectivity index (χ2n) is 5.38. The summed E-state index contributed by atoms with van der Waals surface area (Å²) >= 11 is 0. The second kappa shape index (κ2) is 7.14. The van der Waals surface area contributed by atoms with Gasteiger partial charge < -0.3 is 9.88 Å². The van der Waals surface area contributed by atoms with E-state index in [0.29, 0.717) is 18.9 Å². The molecule has 0 aliphatic rings. The molecule has 0 atom stereocenters. The summed E-state index contributed by atoms with van der Waals surface area (Å²) < 4.78 is 28.0. The van der Waals surface area contributed by atoms with Crippen molar-refractivity contribution in [2.45, 2.75) is 25.7 Å². The topological polar surface area (TPSA) is 84.3 Å². The van der Waals surface area contributed by atoms with Crippen LogP contribution in [0, 0.1) is 6.92 Å². The van der Waals surface area contributed by atoms with Crippen LogP contribution in [0.4, 0.5) is 5.82 Å². The van der Waals surface area contributed by atoms with E-state index in [4.69, 9.17) is 0 Å². The third-order valence-corrected chi connectivity index (χ3v) is 5.70. The molecule has 130 valence electrons. The van der Waals surface area contributed by atoms with E-state index in [1.165, 1.54) is 21.1 Å². The van der Waals surface area contributed by atoms with Gasteiger partial charge in [0.1, 0.15) is 16.4 Å². The van der Waals surface area contributed by atoms with Crippen LogP contribution in [0.25, 0.3) is 0 Å². The van der Waals surface area contributed by atoms with Crippen LogP contribution in [0.1, 0.15) is 30.0 Å². The Balaban J connectivity index is 2.30. The van der Waals surface area contributed by atoms with Gasteiger partial charge in [-0.15, -0.1) is 0 Å². The van der Waals surface area contributed by atoms with Crippen molar-refractivity contribution in [1.82, 2.24) is 13.9 Å². The highest BCUT2D eigenvalue weighted by atomic mass is 32.2. The van der Waals surface area contributed by atoms with Crippen molar-refractivity contribution in [3.63, 3.8) is 0 Å². The lowest BCUT2D eigenvalue weighted by atomic mass is 10.3. The van der Waals surface area contributed by atoms with Crippen molar-refractivity contribution in [1.29, 1.82) is 0 Å². The van der Waals surface area contributed by atoms with Gasteiger partial charge in [0.2, 0.25) is 10.0 Å². The molecule has 0 aromatic carbocycles. The molecule has 0 radical (unpaired) electrons. The number of aryl methyl sites for hydroxylation is 2. The minimum Gasteiger partial charge on any atom is -0.345 e. The van der Waals surface area contributed by atoms with Gasteiger partial charge in [-0.05, 0) is 25.1 Å². The number of nitrogens with zero attached hydrogens (tertiary/aromatic N) is 3. The highest BCUT2D eigenvalue weighted by Gasteiger charge is 2.25. The zero-order valence-electron chi connectivity index (χ0n) is 14.3. The molecule has 0 bridgehead atoms. The molecule has 2 aromatic heterocycles. The predicted octanol–water partition coefficient (Wildman–Crippen LogP) is 2.01. The Morgan fingerprint density at radius 2 is 1.96 bits per heavy atom. The van der Waals surface area contributed by atoms with E-state index in [-0.39, 0.29) is 10.6 Å². The molecule has 1 N–H and O–H groups in total. The minimum absolute atomic E-state index is 0.107. The minimum atomic E-state index is -3.60. The summed E-state index contributed by atoms with van der Waals surface area (Å²) in [5, 5.41) is 2.68. The van der Waals surface area contributed by atoms with Crippen molar-refractivity contribution < 1.29 is 13.2 Å². The highest BCUT2D eigenvalue weighted by molar-refractivity contribution is 7.89. The standard InChI is InChI=1S/C16H22N4O3S/c1-5-20(6-2)24(22,23)13-10-14(19(4)11-13)16(21)18-15-9-7-8-12(3)17-15/h7-11H,5-6H2,1-4H3,(H,17,18,21). The molecule has 0 fully saturated rings. The lowest BCUT2D eigenvalue weighted by molar-refractivity contribution is 0.101. The lowest BCUT2D eigenvalue weighted by Crippen LogP contribution is -2.30. The molecule has 24 heavy (non-hydrogen) atoms. The number of rotatable bonds is 6. The van der Waals surface area contributed by atoms with E-state index >= 15 is 0 Å². The zero-order valence-corrected chi connectivity index (χ0v) is 15.1. The molecule has 0 unspecified atom stereocenters. The van der Waals surface area contributed by atoms with E-state index in [0.717, 1.165) is 5.69 Å². The van der Waals surface area contributed by atoms with Crippen molar-refractivity contribution >= 4 is 21.7 Å². The largest absolute Gasteiger partial charge is 0.345 e. The Kier molecular flexibility index (Phi) is 5.40. The van der Waals surface area contributed by atoms with E-state index < -0.39 is 15.9 Å². The Bertz CT molecular complexity index is 839. The number of carbonyl (C=O) groups excluding carboxylic acids is 1. The van der Waals surface area contributed by atoms with Gasteiger partial charge in [0, 0.05) is 32.0 Å². The SMILES string of the molecule is CCN(CC)S(=O)(=O)c1cc(C(=O)Nc2cccc(C)n2)n(C)c1. The molecule has 2 rings (SSSR count).